The number of hydrogen-bond acceptors (Lipinski definition) is 1. The van der Waals surface area contributed by atoms with Crippen molar-refractivity contribution in [3.63, 3.8) is 0 Å². The lowest BCUT2D eigenvalue weighted by Gasteiger charge is -2.29. The van der Waals surface area contributed by atoms with Gasteiger partial charge in [0.1, 0.15) is 0 Å². The molecule has 3 aliphatic carbocycles. The topological polar surface area (TPSA) is 9.23 Å². The van der Waals surface area contributed by atoms with Crippen molar-refractivity contribution in [1.82, 2.24) is 0 Å². The normalized spacial score (nSPS) is 31.6. The Morgan fingerprint density at radius 1 is 0.778 bits per heavy atom. The van der Waals surface area contributed by atoms with E-state index in [4.69, 9.17) is 4.74 Å². The molecule has 3 heteroatoms. The van der Waals surface area contributed by atoms with Crippen LogP contribution in [0.2, 0.25) is 0 Å². The minimum Gasteiger partial charge on any atom is -0.490 e. The van der Waals surface area contributed by atoms with Gasteiger partial charge in [0.05, 0.1) is 6.61 Å². The Morgan fingerprint density at radius 3 is 2.11 bits per heavy atom. The van der Waals surface area contributed by atoms with Crippen LogP contribution in [0.5, 0.6) is 5.75 Å². The molecule has 0 radical (unpaired) electrons. The van der Waals surface area contributed by atoms with E-state index in [9.17, 15) is 8.78 Å². The fourth-order valence-corrected chi connectivity index (χ4v) is 7.14. The molecule has 4 rings (SSSR count). The van der Waals surface area contributed by atoms with Gasteiger partial charge >= 0.3 is 0 Å². The highest BCUT2D eigenvalue weighted by Gasteiger charge is 2.27. The van der Waals surface area contributed by atoms with Crippen LogP contribution >= 0.6 is 0 Å². The second-order valence-electron chi connectivity index (χ2n) is 12.5. The maximum absolute atomic E-state index is 14.9. The fraction of sp³-hybridized carbons (Fsp3) is 0.758. The molecule has 0 unspecified atom stereocenters. The number of benzene rings is 1. The Balaban J connectivity index is 1.16. The molecule has 1 aromatic carbocycles. The van der Waals surface area contributed by atoms with Crippen molar-refractivity contribution in [2.75, 3.05) is 6.61 Å². The Bertz CT molecular complexity index is 809. The SMILES string of the molecule is CCCC1CCC(c2ccc(OCC3CCC(CC/C=C/C4CCC(C)CC4)CC3)c(F)c2F)CC1. The average molecular weight is 501 g/mol. The standard InChI is InChI=1S/C33H50F2O/c1-3-6-25-17-19-29(20-18-25)30-21-22-31(33(35)32(30)34)36-23-28-15-13-27(14-16-28)8-5-4-7-26-11-9-24(2)10-12-26/h4,7,21-22,24-29H,3,5-6,8-20,23H2,1-2H3/b7-4+. The van der Waals surface area contributed by atoms with Crippen molar-refractivity contribution in [2.45, 2.75) is 122 Å². The van der Waals surface area contributed by atoms with E-state index in [1.807, 2.05) is 0 Å². The average Bonchev–Trinajstić information content (AvgIpc) is 2.90. The van der Waals surface area contributed by atoms with Crippen molar-refractivity contribution >= 4 is 0 Å². The van der Waals surface area contributed by atoms with Gasteiger partial charge in [0.15, 0.2) is 11.6 Å². The number of allylic oxidation sites excluding steroid dienone is 2. The summed E-state index contributed by atoms with van der Waals surface area (Å²) in [7, 11) is 0. The Labute approximate surface area is 219 Å². The van der Waals surface area contributed by atoms with Crippen LogP contribution in [0.25, 0.3) is 0 Å². The predicted octanol–water partition coefficient (Wildman–Crippen LogP) is 10.4. The summed E-state index contributed by atoms with van der Waals surface area (Å²) < 4.78 is 35.6. The van der Waals surface area contributed by atoms with Crippen LogP contribution in [0.15, 0.2) is 24.3 Å². The molecule has 0 amide bonds. The quantitative estimate of drug-likeness (QED) is 0.290. The van der Waals surface area contributed by atoms with E-state index in [2.05, 4.69) is 26.0 Å². The van der Waals surface area contributed by atoms with Crippen molar-refractivity contribution in [1.29, 1.82) is 0 Å². The largest absolute Gasteiger partial charge is 0.490 e. The number of ether oxygens (including phenoxy) is 1. The minimum atomic E-state index is -0.781. The van der Waals surface area contributed by atoms with Gasteiger partial charge in [0, 0.05) is 0 Å². The van der Waals surface area contributed by atoms with Gasteiger partial charge in [-0.25, -0.2) is 4.39 Å². The number of rotatable bonds is 10. The van der Waals surface area contributed by atoms with Gasteiger partial charge < -0.3 is 4.74 Å². The first-order chi connectivity index (χ1) is 17.5. The minimum absolute atomic E-state index is 0.0975. The second kappa shape index (κ2) is 14.0. The molecule has 0 aliphatic heterocycles. The fourth-order valence-electron chi connectivity index (χ4n) is 7.14. The molecule has 202 valence electrons. The summed E-state index contributed by atoms with van der Waals surface area (Å²) in [5, 5.41) is 0. The van der Waals surface area contributed by atoms with E-state index in [1.165, 1.54) is 64.2 Å². The lowest BCUT2D eigenvalue weighted by molar-refractivity contribution is 0.174. The molecule has 3 saturated carbocycles. The van der Waals surface area contributed by atoms with Gasteiger partial charge in [-0.3, -0.25) is 0 Å². The van der Waals surface area contributed by atoms with Crippen molar-refractivity contribution in [3.8, 4) is 5.75 Å². The molecule has 3 aliphatic rings. The first-order valence-electron chi connectivity index (χ1n) is 15.3. The third-order valence-electron chi connectivity index (χ3n) is 9.71. The Morgan fingerprint density at radius 2 is 1.42 bits per heavy atom. The van der Waals surface area contributed by atoms with Crippen LogP contribution in [0.3, 0.4) is 0 Å². The molecule has 0 atom stereocenters. The predicted molar refractivity (Wildman–Crippen MR) is 146 cm³/mol. The van der Waals surface area contributed by atoms with Crippen LogP contribution in [0, 0.1) is 41.2 Å². The number of halogens is 2. The van der Waals surface area contributed by atoms with Gasteiger partial charge in [-0.15, -0.1) is 0 Å². The summed E-state index contributed by atoms with van der Waals surface area (Å²) in [6, 6.07) is 3.47. The van der Waals surface area contributed by atoms with Crippen molar-refractivity contribution < 1.29 is 13.5 Å². The summed E-state index contributed by atoms with van der Waals surface area (Å²) in [6.45, 7) is 5.11. The van der Waals surface area contributed by atoms with Crippen molar-refractivity contribution in [2.24, 2.45) is 29.6 Å². The maximum atomic E-state index is 14.9. The van der Waals surface area contributed by atoms with E-state index >= 15 is 0 Å². The molecule has 0 spiro atoms. The zero-order chi connectivity index (χ0) is 25.3. The van der Waals surface area contributed by atoms with Gasteiger partial charge in [-0.1, -0.05) is 70.6 Å². The zero-order valence-electron chi connectivity index (χ0n) is 23.0. The van der Waals surface area contributed by atoms with Crippen LogP contribution in [0.1, 0.15) is 128 Å². The molecular formula is C33H50F2O. The second-order valence-corrected chi connectivity index (χ2v) is 12.5. The highest BCUT2D eigenvalue weighted by Crippen LogP contribution is 2.40. The maximum Gasteiger partial charge on any atom is 0.200 e. The number of hydrogen-bond donors (Lipinski definition) is 0. The molecule has 3 fully saturated rings. The molecule has 36 heavy (non-hydrogen) atoms. The summed E-state index contributed by atoms with van der Waals surface area (Å²) in [6.07, 6.45) is 24.4. The summed E-state index contributed by atoms with van der Waals surface area (Å²) in [5.74, 6) is 2.55. The van der Waals surface area contributed by atoms with Crippen LogP contribution in [0.4, 0.5) is 8.78 Å². The molecule has 0 aromatic heterocycles. The molecule has 1 aromatic rings. The van der Waals surface area contributed by atoms with E-state index in [1.54, 1.807) is 12.1 Å². The molecule has 0 bridgehead atoms. The van der Waals surface area contributed by atoms with Crippen LogP contribution in [-0.2, 0) is 0 Å². The van der Waals surface area contributed by atoms with Gasteiger partial charge in [0.2, 0.25) is 5.82 Å². The monoisotopic (exact) mass is 500 g/mol. The third-order valence-corrected chi connectivity index (χ3v) is 9.71. The van der Waals surface area contributed by atoms with Crippen LogP contribution in [-0.4, -0.2) is 6.61 Å². The zero-order valence-corrected chi connectivity index (χ0v) is 23.0. The molecule has 1 nitrogen and oxygen atoms in total. The van der Waals surface area contributed by atoms with E-state index in [0.717, 1.165) is 62.2 Å². The smallest absolute Gasteiger partial charge is 0.200 e. The first-order valence-corrected chi connectivity index (χ1v) is 15.3. The summed E-state index contributed by atoms with van der Waals surface area (Å²) in [4.78, 5) is 0. The Hall–Kier alpha value is -1.38. The van der Waals surface area contributed by atoms with Crippen molar-refractivity contribution in [3.05, 3.63) is 41.5 Å². The first kappa shape index (κ1) is 27.6. The molecule has 0 saturated heterocycles. The van der Waals surface area contributed by atoms with E-state index in [0.29, 0.717) is 18.1 Å². The third kappa shape index (κ3) is 7.81. The van der Waals surface area contributed by atoms with Gasteiger partial charge in [-0.05, 0) is 111 Å². The van der Waals surface area contributed by atoms with Gasteiger partial charge in [0.25, 0.3) is 0 Å². The van der Waals surface area contributed by atoms with E-state index < -0.39 is 11.6 Å². The lowest BCUT2D eigenvalue weighted by atomic mass is 9.77. The highest BCUT2D eigenvalue weighted by atomic mass is 19.2. The molecule has 0 heterocycles. The molecular weight excluding hydrogens is 450 g/mol. The molecule has 0 N–H and O–H groups in total. The van der Waals surface area contributed by atoms with Crippen LogP contribution < -0.4 is 4.74 Å². The summed E-state index contributed by atoms with van der Waals surface area (Å²) >= 11 is 0. The highest BCUT2D eigenvalue weighted by molar-refractivity contribution is 5.33. The Kier molecular flexibility index (Phi) is 10.7. The van der Waals surface area contributed by atoms with E-state index in [-0.39, 0.29) is 11.7 Å². The summed E-state index contributed by atoms with van der Waals surface area (Å²) in [5.41, 5.74) is 0.558. The van der Waals surface area contributed by atoms with Gasteiger partial charge in [-0.2, -0.15) is 4.39 Å². The lowest BCUT2D eigenvalue weighted by Crippen LogP contribution is -2.20.